The summed E-state index contributed by atoms with van der Waals surface area (Å²) in [6.07, 6.45) is 2.34. The van der Waals surface area contributed by atoms with E-state index < -0.39 is 0 Å². The standard InChI is InChI=1S/C21H18ClN3OS/c1-24(12-15-6-5-9-17(22)10-15)20(26)11-18-14-27-21-23-19(13-25(18)21)16-7-3-2-4-8-16/h2-10,13-14H,11-12H2,1H3. The summed E-state index contributed by atoms with van der Waals surface area (Å²) in [5, 5.41) is 2.68. The van der Waals surface area contributed by atoms with Crippen LogP contribution >= 0.6 is 22.9 Å². The third-order valence-electron chi connectivity index (χ3n) is 4.42. The van der Waals surface area contributed by atoms with E-state index in [1.54, 1.807) is 16.2 Å². The number of fused-ring (bicyclic) bond motifs is 1. The number of imidazole rings is 1. The molecule has 6 heteroatoms. The highest BCUT2D eigenvalue weighted by Gasteiger charge is 2.15. The minimum absolute atomic E-state index is 0.0598. The zero-order valence-corrected chi connectivity index (χ0v) is 16.4. The molecule has 0 N–H and O–H groups in total. The molecule has 2 heterocycles. The molecule has 0 saturated carbocycles. The molecule has 0 radical (unpaired) electrons. The van der Waals surface area contributed by atoms with Gasteiger partial charge >= 0.3 is 0 Å². The molecule has 136 valence electrons. The lowest BCUT2D eigenvalue weighted by Gasteiger charge is -2.17. The SMILES string of the molecule is CN(Cc1cccc(Cl)c1)C(=O)Cc1csc2nc(-c3ccccc3)cn12. The van der Waals surface area contributed by atoms with Crippen molar-refractivity contribution in [1.29, 1.82) is 0 Å². The quantitative estimate of drug-likeness (QED) is 0.481. The predicted molar refractivity (Wildman–Crippen MR) is 110 cm³/mol. The van der Waals surface area contributed by atoms with E-state index >= 15 is 0 Å². The van der Waals surface area contributed by atoms with Crippen molar-refractivity contribution in [3.63, 3.8) is 0 Å². The smallest absolute Gasteiger partial charge is 0.228 e. The Hall–Kier alpha value is -2.63. The normalized spacial score (nSPS) is 11.0. The highest BCUT2D eigenvalue weighted by Crippen LogP contribution is 2.24. The molecule has 0 atom stereocenters. The summed E-state index contributed by atoms with van der Waals surface area (Å²) in [6, 6.07) is 17.6. The summed E-state index contributed by atoms with van der Waals surface area (Å²) in [5.41, 5.74) is 3.96. The summed E-state index contributed by atoms with van der Waals surface area (Å²) in [4.78, 5) is 20.0. The van der Waals surface area contributed by atoms with Crippen LogP contribution in [0.4, 0.5) is 0 Å². The lowest BCUT2D eigenvalue weighted by molar-refractivity contribution is -0.129. The first-order chi connectivity index (χ1) is 13.1. The third-order valence-corrected chi connectivity index (χ3v) is 5.54. The van der Waals surface area contributed by atoms with Crippen LogP contribution in [0.5, 0.6) is 0 Å². The third kappa shape index (κ3) is 3.89. The van der Waals surface area contributed by atoms with Gasteiger partial charge in [0.05, 0.1) is 12.1 Å². The van der Waals surface area contributed by atoms with Gasteiger partial charge in [-0.15, -0.1) is 11.3 Å². The zero-order valence-electron chi connectivity index (χ0n) is 14.8. The zero-order chi connectivity index (χ0) is 18.8. The number of nitrogens with zero attached hydrogens (tertiary/aromatic N) is 3. The molecular weight excluding hydrogens is 378 g/mol. The Balaban J connectivity index is 1.51. The molecule has 4 rings (SSSR count). The van der Waals surface area contributed by atoms with E-state index in [0.717, 1.165) is 27.5 Å². The van der Waals surface area contributed by atoms with Crippen molar-refractivity contribution in [2.45, 2.75) is 13.0 Å². The molecule has 27 heavy (non-hydrogen) atoms. The Morgan fingerprint density at radius 1 is 1.19 bits per heavy atom. The van der Waals surface area contributed by atoms with Gasteiger partial charge in [0.25, 0.3) is 0 Å². The average molecular weight is 396 g/mol. The number of likely N-dealkylation sites (N-methyl/N-ethyl adjacent to an activating group) is 1. The number of amides is 1. The molecule has 1 amide bonds. The first-order valence-corrected chi connectivity index (χ1v) is 9.85. The van der Waals surface area contributed by atoms with Crippen LogP contribution < -0.4 is 0 Å². The van der Waals surface area contributed by atoms with Gasteiger partial charge in [0.1, 0.15) is 0 Å². The van der Waals surface area contributed by atoms with E-state index in [1.165, 1.54) is 0 Å². The maximum absolute atomic E-state index is 12.7. The van der Waals surface area contributed by atoms with Crippen molar-refractivity contribution in [1.82, 2.24) is 14.3 Å². The molecule has 0 fully saturated rings. The number of halogens is 1. The Morgan fingerprint density at radius 2 is 2.00 bits per heavy atom. The fourth-order valence-electron chi connectivity index (χ4n) is 2.99. The van der Waals surface area contributed by atoms with Crippen LogP contribution in [0, 0.1) is 0 Å². The largest absolute Gasteiger partial charge is 0.341 e. The molecule has 0 saturated heterocycles. The van der Waals surface area contributed by atoms with E-state index in [0.29, 0.717) is 18.0 Å². The van der Waals surface area contributed by atoms with Gasteiger partial charge in [-0.3, -0.25) is 9.20 Å². The highest BCUT2D eigenvalue weighted by atomic mass is 35.5. The van der Waals surface area contributed by atoms with Crippen LogP contribution in [-0.4, -0.2) is 27.2 Å². The Labute approximate surface area is 166 Å². The molecule has 0 aliphatic carbocycles. The fraction of sp³-hybridized carbons (Fsp3) is 0.143. The first-order valence-electron chi connectivity index (χ1n) is 8.59. The molecule has 4 aromatic rings. The number of carbonyl (C=O) groups is 1. The van der Waals surface area contributed by atoms with Crippen LogP contribution in [0.25, 0.3) is 16.2 Å². The number of carbonyl (C=O) groups excluding carboxylic acids is 1. The summed E-state index contributed by atoms with van der Waals surface area (Å²) < 4.78 is 2.01. The molecule has 0 aliphatic heterocycles. The van der Waals surface area contributed by atoms with Crippen molar-refractivity contribution in [2.75, 3.05) is 7.05 Å². The maximum Gasteiger partial charge on any atom is 0.228 e. The van der Waals surface area contributed by atoms with Crippen molar-refractivity contribution >= 4 is 33.8 Å². The summed E-state index contributed by atoms with van der Waals surface area (Å²) >= 11 is 7.58. The summed E-state index contributed by atoms with van der Waals surface area (Å²) in [5.74, 6) is 0.0598. The van der Waals surface area contributed by atoms with Gasteiger partial charge in [0.2, 0.25) is 5.91 Å². The van der Waals surface area contributed by atoms with E-state index in [1.807, 2.05) is 77.6 Å². The molecule has 2 aromatic heterocycles. The Morgan fingerprint density at radius 3 is 2.78 bits per heavy atom. The predicted octanol–water partition coefficient (Wildman–Crippen LogP) is 4.92. The topological polar surface area (TPSA) is 37.6 Å². The molecular formula is C21H18ClN3OS. The summed E-state index contributed by atoms with van der Waals surface area (Å²) in [7, 11) is 1.82. The van der Waals surface area contributed by atoms with Crippen LogP contribution in [0.3, 0.4) is 0 Å². The van der Waals surface area contributed by atoms with Gasteiger partial charge in [-0.1, -0.05) is 54.1 Å². The second-order valence-corrected chi connectivity index (χ2v) is 7.70. The summed E-state index contributed by atoms with van der Waals surface area (Å²) in [6.45, 7) is 0.534. The van der Waals surface area contributed by atoms with Crippen LogP contribution in [0.15, 0.2) is 66.2 Å². The van der Waals surface area contributed by atoms with Crippen molar-refractivity contribution in [2.24, 2.45) is 0 Å². The van der Waals surface area contributed by atoms with Crippen LogP contribution in [0.2, 0.25) is 5.02 Å². The molecule has 0 bridgehead atoms. The Bertz CT molecular complexity index is 1090. The number of hydrogen-bond acceptors (Lipinski definition) is 3. The first kappa shape index (κ1) is 17.8. The van der Waals surface area contributed by atoms with Gasteiger partial charge in [-0.2, -0.15) is 0 Å². The minimum atomic E-state index is 0.0598. The number of rotatable bonds is 5. The highest BCUT2D eigenvalue weighted by molar-refractivity contribution is 7.15. The van der Waals surface area contributed by atoms with Crippen LogP contribution in [-0.2, 0) is 17.8 Å². The average Bonchev–Trinajstić information content (AvgIpc) is 3.24. The minimum Gasteiger partial charge on any atom is -0.341 e. The molecule has 4 nitrogen and oxygen atoms in total. The van der Waals surface area contributed by atoms with Crippen molar-refractivity contribution in [3.8, 4) is 11.3 Å². The second-order valence-electron chi connectivity index (χ2n) is 6.43. The molecule has 0 unspecified atom stereocenters. The monoisotopic (exact) mass is 395 g/mol. The van der Waals surface area contributed by atoms with E-state index in [4.69, 9.17) is 11.6 Å². The molecule has 2 aromatic carbocycles. The Kier molecular flexibility index (Phi) is 4.97. The molecule has 0 aliphatic rings. The van der Waals surface area contributed by atoms with Crippen molar-refractivity contribution in [3.05, 3.63) is 82.5 Å². The van der Waals surface area contributed by atoms with E-state index in [-0.39, 0.29) is 5.91 Å². The number of hydrogen-bond donors (Lipinski definition) is 0. The van der Waals surface area contributed by atoms with E-state index in [9.17, 15) is 4.79 Å². The number of thiazole rings is 1. The maximum atomic E-state index is 12.7. The van der Waals surface area contributed by atoms with Crippen LogP contribution in [0.1, 0.15) is 11.3 Å². The van der Waals surface area contributed by atoms with E-state index in [2.05, 4.69) is 4.98 Å². The lowest BCUT2D eigenvalue weighted by atomic mass is 10.2. The van der Waals surface area contributed by atoms with Gasteiger partial charge in [-0.05, 0) is 17.7 Å². The molecule has 0 spiro atoms. The number of aromatic nitrogens is 2. The van der Waals surface area contributed by atoms with Gasteiger partial charge in [0.15, 0.2) is 4.96 Å². The van der Waals surface area contributed by atoms with Gasteiger partial charge in [-0.25, -0.2) is 4.98 Å². The van der Waals surface area contributed by atoms with Crippen molar-refractivity contribution < 1.29 is 4.79 Å². The lowest BCUT2D eigenvalue weighted by Crippen LogP contribution is -2.28. The second kappa shape index (κ2) is 7.55. The van der Waals surface area contributed by atoms with Gasteiger partial charge in [0, 0.05) is 41.4 Å². The number of benzene rings is 2. The fourth-order valence-corrected chi connectivity index (χ4v) is 4.08. The van der Waals surface area contributed by atoms with Gasteiger partial charge < -0.3 is 4.90 Å².